The van der Waals surface area contributed by atoms with Crippen molar-refractivity contribution >= 4 is 17.8 Å². The smallest absolute Gasteiger partial charge is 0.329 e. The fraction of sp³-hybridized carbons (Fsp3) is 0.353. The van der Waals surface area contributed by atoms with Crippen LogP contribution in [-0.2, 0) is 25.5 Å². The van der Waals surface area contributed by atoms with Crippen LogP contribution >= 0.6 is 0 Å². The number of carbonyl (C=O) groups is 3. The molecule has 0 radical (unpaired) electrons. The van der Waals surface area contributed by atoms with Crippen LogP contribution in [0.15, 0.2) is 42.5 Å². The Kier molecular flexibility index (Phi) is 5.47. The summed E-state index contributed by atoms with van der Waals surface area (Å²) in [6, 6.07) is 8.34. The third-order valence-corrected chi connectivity index (χ3v) is 3.44. The van der Waals surface area contributed by atoms with Crippen LogP contribution in [0.5, 0.6) is 0 Å². The number of esters is 1. The van der Waals surface area contributed by atoms with E-state index in [1.807, 2.05) is 37.3 Å². The van der Waals surface area contributed by atoms with Crippen LogP contribution in [0.2, 0.25) is 0 Å². The molecular weight excluding hydrogens is 282 g/mol. The van der Waals surface area contributed by atoms with Crippen LogP contribution in [0.25, 0.3) is 0 Å². The van der Waals surface area contributed by atoms with Gasteiger partial charge in [-0.25, -0.2) is 4.79 Å². The van der Waals surface area contributed by atoms with Crippen molar-refractivity contribution in [2.75, 3.05) is 6.61 Å². The van der Waals surface area contributed by atoms with Gasteiger partial charge in [0.05, 0.1) is 6.61 Å². The van der Waals surface area contributed by atoms with Gasteiger partial charge in [-0.3, -0.25) is 14.5 Å². The lowest BCUT2D eigenvalue weighted by Crippen LogP contribution is -2.47. The van der Waals surface area contributed by atoms with E-state index in [1.54, 1.807) is 0 Å². The van der Waals surface area contributed by atoms with Gasteiger partial charge in [0.1, 0.15) is 6.04 Å². The highest BCUT2D eigenvalue weighted by Crippen LogP contribution is 2.16. The molecule has 1 aliphatic rings. The third kappa shape index (κ3) is 3.81. The van der Waals surface area contributed by atoms with Crippen molar-refractivity contribution in [2.45, 2.75) is 32.2 Å². The van der Waals surface area contributed by atoms with Crippen LogP contribution in [0.1, 0.15) is 25.3 Å². The predicted molar refractivity (Wildman–Crippen MR) is 80.8 cm³/mol. The van der Waals surface area contributed by atoms with Crippen molar-refractivity contribution in [3.8, 4) is 0 Å². The molecule has 0 saturated heterocycles. The topological polar surface area (TPSA) is 63.7 Å². The third-order valence-electron chi connectivity index (χ3n) is 3.44. The molecule has 0 saturated carbocycles. The summed E-state index contributed by atoms with van der Waals surface area (Å²) in [7, 11) is 0. The first-order valence-electron chi connectivity index (χ1n) is 7.39. The zero-order chi connectivity index (χ0) is 15.9. The van der Waals surface area contributed by atoms with Gasteiger partial charge in [0.2, 0.25) is 0 Å². The van der Waals surface area contributed by atoms with Crippen molar-refractivity contribution in [3.05, 3.63) is 48.0 Å². The molecular formula is C17H19NO4. The first-order valence-corrected chi connectivity index (χ1v) is 7.39. The number of benzene rings is 1. The number of ether oxygens (including phenoxy) is 1. The summed E-state index contributed by atoms with van der Waals surface area (Å²) < 4.78 is 5.21. The molecule has 1 aromatic carbocycles. The van der Waals surface area contributed by atoms with Crippen LogP contribution in [-0.4, -0.2) is 35.3 Å². The minimum Gasteiger partial charge on any atom is -0.464 e. The summed E-state index contributed by atoms with van der Waals surface area (Å²) in [5.74, 6) is -1.49. The van der Waals surface area contributed by atoms with E-state index in [2.05, 4.69) is 0 Å². The number of carbonyl (C=O) groups excluding carboxylic acids is 3. The Labute approximate surface area is 129 Å². The van der Waals surface area contributed by atoms with Crippen molar-refractivity contribution in [3.63, 3.8) is 0 Å². The Balaban J connectivity index is 2.15. The number of amides is 2. The first kappa shape index (κ1) is 15.9. The maximum atomic E-state index is 12.3. The Morgan fingerprint density at radius 1 is 1.14 bits per heavy atom. The molecule has 0 N–H and O–H groups in total. The minimum absolute atomic E-state index is 0.255. The highest BCUT2D eigenvalue weighted by Gasteiger charge is 2.36. The lowest BCUT2D eigenvalue weighted by molar-refractivity contribution is -0.157. The molecule has 0 unspecified atom stereocenters. The standard InChI is InChI=1S/C17H19NO4/c1-2-3-11-22-17(21)14(12-13-7-5-4-6-8-13)18-15(19)9-10-16(18)20/h4-10,14H,2-3,11-12H2,1H3/t14-/m0/s1. The molecule has 1 atom stereocenters. The molecule has 5 nitrogen and oxygen atoms in total. The van der Waals surface area contributed by atoms with Crippen molar-refractivity contribution in [1.29, 1.82) is 0 Å². The number of unbranched alkanes of at least 4 members (excludes halogenated alkanes) is 1. The summed E-state index contributed by atoms with van der Waals surface area (Å²) in [6.45, 7) is 2.29. The molecule has 1 heterocycles. The Morgan fingerprint density at radius 3 is 2.36 bits per heavy atom. The van der Waals surface area contributed by atoms with Gasteiger partial charge in [-0.2, -0.15) is 0 Å². The van der Waals surface area contributed by atoms with E-state index in [1.165, 1.54) is 12.2 Å². The Bertz CT molecular complexity index is 562. The second-order valence-electron chi connectivity index (χ2n) is 5.11. The van der Waals surface area contributed by atoms with Crippen LogP contribution in [0, 0.1) is 0 Å². The Morgan fingerprint density at radius 2 is 1.77 bits per heavy atom. The van der Waals surface area contributed by atoms with E-state index in [-0.39, 0.29) is 6.42 Å². The molecule has 116 valence electrons. The van der Waals surface area contributed by atoms with E-state index in [0.717, 1.165) is 23.3 Å². The second-order valence-corrected chi connectivity index (χ2v) is 5.11. The summed E-state index contributed by atoms with van der Waals surface area (Å²) >= 11 is 0. The van der Waals surface area contributed by atoms with Gasteiger partial charge >= 0.3 is 5.97 Å². The summed E-state index contributed by atoms with van der Waals surface area (Å²) in [5, 5.41) is 0. The molecule has 1 aromatic rings. The first-order chi connectivity index (χ1) is 10.6. The van der Waals surface area contributed by atoms with Crippen molar-refractivity contribution in [1.82, 2.24) is 4.90 Å². The van der Waals surface area contributed by atoms with E-state index in [9.17, 15) is 14.4 Å². The normalized spacial score (nSPS) is 15.2. The lowest BCUT2D eigenvalue weighted by atomic mass is 10.0. The SMILES string of the molecule is CCCCOC(=O)[C@H](Cc1ccccc1)N1C(=O)C=CC1=O. The molecule has 2 amide bonds. The molecule has 2 rings (SSSR count). The average Bonchev–Trinajstić information content (AvgIpc) is 2.85. The highest BCUT2D eigenvalue weighted by atomic mass is 16.5. The molecule has 0 aromatic heterocycles. The molecule has 0 aliphatic carbocycles. The second kappa shape index (κ2) is 7.54. The summed E-state index contributed by atoms with van der Waals surface area (Å²) in [4.78, 5) is 37.0. The van der Waals surface area contributed by atoms with Crippen molar-refractivity contribution in [2.24, 2.45) is 0 Å². The number of nitrogens with zero attached hydrogens (tertiary/aromatic N) is 1. The van der Waals surface area contributed by atoms with Gasteiger partial charge in [-0.1, -0.05) is 43.7 Å². The van der Waals surface area contributed by atoms with Gasteiger partial charge in [-0.15, -0.1) is 0 Å². The number of hydrogen-bond donors (Lipinski definition) is 0. The van der Waals surface area contributed by atoms with Gasteiger partial charge in [0.15, 0.2) is 0 Å². The maximum Gasteiger partial charge on any atom is 0.329 e. The van der Waals surface area contributed by atoms with Crippen molar-refractivity contribution < 1.29 is 19.1 Å². The predicted octanol–water partition coefficient (Wildman–Crippen LogP) is 1.87. The Hall–Kier alpha value is -2.43. The summed E-state index contributed by atoms with van der Waals surface area (Å²) in [6.07, 6.45) is 4.27. The zero-order valence-electron chi connectivity index (χ0n) is 12.5. The van der Waals surface area contributed by atoms with Gasteiger partial charge in [-0.05, 0) is 12.0 Å². The van der Waals surface area contributed by atoms with Crippen LogP contribution in [0.4, 0.5) is 0 Å². The molecule has 1 aliphatic heterocycles. The van der Waals surface area contributed by atoms with Crippen LogP contribution in [0.3, 0.4) is 0 Å². The number of imide groups is 1. The molecule has 0 fully saturated rings. The average molecular weight is 301 g/mol. The van der Waals surface area contributed by atoms with Gasteiger partial charge in [0.25, 0.3) is 11.8 Å². The molecule has 5 heteroatoms. The van der Waals surface area contributed by atoms with Crippen LogP contribution < -0.4 is 0 Å². The van der Waals surface area contributed by atoms with E-state index < -0.39 is 23.8 Å². The lowest BCUT2D eigenvalue weighted by Gasteiger charge is -2.24. The summed E-state index contributed by atoms with van der Waals surface area (Å²) in [5.41, 5.74) is 0.868. The van der Waals surface area contributed by atoms with E-state index in [0.29, 0.717) is 6.61 Å². The minimum atomic E-state index is -0.922. The number of rotatable bonds is 7. The van der Waals surface area contributed by atoms with Gasteiger partial charge in [0, 0.05) is 18.6 Å². The fourth-order valence-electron chi connectivity index (χ4n) is 2.25. The molecule has 0 spiro atoms. The fourth-order valence-corrected chi connectivity index (χ4v) is 2.25. The maximum absolute atomic E-state index is 12.3. The molecule has 0 bridgehead atoms. The quantitative estimate of drug-likeness (QED) is 0.438. The van der Waals surface area contributed by atoms with Gasteiger partial charge < -0.3 is 4.74 Å². The van der Waals surface area contributed by atoms with E-state index in [4.69, 9.17) is 4.74 Å². The highest BCUT2D eigenvalue weighted by molar-refractivity contribution is 6.14. The largest absolute Gasteiger partial charge is 0.464 e. The number of hydrogen-bond acceptors (Lipinski definition) is 4. The zero-order valence-corrected chi connectivity index (χ0v) is 12.5. The van der Waals surface area contributed by atoms with E-state index >= 15 is 0 Å². The molecule has 22 heavy (non-hydrogen) atoms. The monoisotopic (exact) mass is 301 g/mol.